The van der Waals surface area contributed by atoms with Crippen molar-refractivity contribution in [3.05, 3.63) is 17.9 Å². The molecule has 16 heavy (non-hydrogen) atoms. The molecule has 0 saturated heterocycles. The lowest BCUT2D eigenvalue weighted by molar-refractivity contribution is 0.219. The lowest BCUT2D eigenvalue weighted by Gasteiger charge is -2.15. The molecule has 0 radical (unpaired) electrons. The second-order valence-electron chi connectivity index (χ2n) is 3.57. The van der Waals surface area contributed by atoms with Gasteiger partial charge in [-0.25, -0.2) is 4.39 Å². The number of rotatable bonds is 4. The van der Waals surface area contributed by atoms with Crippen LogP contribution in [0.15, 0.2) is 12.1 Å². The van der Waals surface area contributed by atoms with Crippen LogP contribution in [0.3, 0.4) is 0 Å². The third-order valence-corrected chi connectivity index (χ3v) is 1.90. The van der Waals surface area contributed by atoms with Gasteiger partial charge in [-0.3, -0.25) is 0 Å². The van der Waals surface area contributed by atoms with E-state index in [4.69, 9.17) is 19.5 Å². The zero-order chi connectivity index (χ0) is 12.3. The molecule has 0 atom stereocenters. The molecule has 0 aliphatic carbocycles. The van der Waals surface area contributed by atoms with Gasteiger partial charge in [0.2, 0.25) is 0 Å². The van der Waals surface area contributed by atoms with Crippen LogP contribution in [0, 0.1) is 5.82 Å². The van der Waals surface area contributed by atoms with Gasteiger partial charge in [0, 0.05) is 0 Å². The van der Waals surface area contributed by atoms with E-state index in [0.29, 0.717) is 0 Å². The van der Waals surface area contributed by atoms with E-state index in [2.05, 4.69) is 0 Å². The highest BCUT2D eigenvalue weighted by molar-refractivity contribution is 6.58. The van der Waals surface area contributed by atoms with Crippen LogP contribution in [0.25, 0.3) is 0 Å². The fourth-order valence-electron chi connectivity index (χ4n) is 1.24. The fraction of sp³-hybridized carbons (Fsp3) is 0.400. The molecule has 2 N–H and O–H groups in total. The molecule has 0 aliphatic rings. The molecule has 0 aliphatic heterocycles. The van der Waals surface area contributed by atoms with E-state index in [1.807, 2.05) is 0 Å². The minimum Gasteiger partial charge on any atom is -0.493 e. The van der Waals surface area contributed by atoms with Gasteiger partial charge in [0.05, 0.1) is 13.2 Å². The summed E-state index contributed by atoms with van der Waals surface area (Å²) in [4.78, 5) is 0. The van der Waals surface area contributed by atoms with E-state index in [-0.39, 0.29) is 23.1 Å². The van der Waals surface area contributed by atoms with Crippen LogP contribution >= 0.6 is 0 Å². The maximum atomic E-state index is 13.6. The lowest BCUT2D eigenvalue weighted by Crippen LogP contribution is -2.30. The summed E-state index contributed by atoms with van der Waals surface area (Å²) in [6, 6.07) is 2.33. The van der Waals surface area contributed by atoms with E-state index in [1.54, 1.807) is 13.8 Å². The van der Waals surface area contributed by atoms with E-state index >= 15 is 0 Å². The van der Waals surface area contributed by atoms with Gasteiger partial charge >= 0.3 is 7.12 Å². The first kappa shape index (κ1) is 12.8. The van der Waals surface area contributed by atoms with E-state index < -0.39 is 12.9 Å². The van der Waals surface area contributed by atoms with Gasteiger partial charge in [0.25, 0.3) is 0 Å². The normalized spacial score (nSPS) is 10.4. The summed E-state index contributed by atoms with van der Waals surface area (Å²) in [7, 11) is -0.383. The van der Waals surface area contributed by atoms with Crippen molar-refractivity contribution in [3.63, 3.8) is 0 Å². The Bertz CT molecular complexity index is 368. The van der Waals surface area contributed by atoms with Crippen LogP contribution in [0.2, 0.25) is 0 Å². The third kappa shape index (κ3) is 2.87. The van der Waals surface area contributed by atoms with Crippen LogP contribution < -0.4 is 14.9 Å². The van der Waals surface area contributed by atoms with Gasteiger partial charge in [-0.15, -0.1) is 0 Å². The van der Waals surface area contributed by atoms with E-state index in [9.17, 15) is 4.39 Å². The maximum Gasteiger partial charge on any atom is 0.488 e. The Morgan fingerprint density at radius 2 is 1.94 bits per heavy atom. The van der Waals surface area contributed by atoms with E-state index in [0.717, 1.165) is 6.07 Å². The Labute approximate surface area is 93.8 Å². The molecule has 0 heterocycles. The molecular weight excluding hydrogens is 214 g/mol. The smallest absolute Gasteiger partial charge is 0.488 e. The minimum absolute atomic E-state index is 0.0189. The standard InChI is InChI=1S/C10H14BFO4/c1-6(2)16-10-8(12)4-7(11(13)14)5-9(10)15-3/h4-6,13-14H,1-3H3. The number of hydrogen-bond donors (Lipinski definition) is 2. The molecule has 1 aromatic carbocycles. The summed E-state index contributed by atoms with van der Waals surface area (Å²) in [5, 5.41) is 17.9. The highest BCUT2D eigenvalue weighted by Crippen LogP contribution is 2.29. The molecule has 0 amide bonds. The van der Waals surface area contributed by atoms with Gasteiger partial charge in [0.1, 0.15) is 0 Å². The van der Waals surface area contributed by atoms with Gasteiger partial charge in [-0.2, -0.15) is 0 Å². The van der Waals surface area contributed by atoms with E-state index in [1.165, 1.54) is 13.2 Å². The van der Waals surface area contributed by atoms with Crippen LogP contribution in [0.4, 0.5) is 4.39 Å². The summed E-state index contributed by atoms with van der Waals surface area (Å²) in [5.41, 5.74) is 0.0189. The van der Waals surface area contributed by atoms with Crippen molar-refractivity contribution in [2.24, 2.45) is 0 Å². The largest absolute Gasteiger partial charge is 0.493 e. The molecule has 1 aromatic rings. The first-order valence-corrected chi connectivity index (χ1v) is 4.86. The second kappa shape index (κ2) is 5.18. The summed E-state index contributed by atoms with van der Waals surface area (Å²) >= 11 is 0. The maximum absolute atomic E-state index is 13.6. The minimum atomic E-state index is -1.74. The monoisotopic (exact) mass is 228 g/mol. The Hall–Kier alpha value is -1.27. The first-order chi connectivity index (χ1) is 7.45. The summed E-state index contributed by atoms with van der Waals surface area (Å²) in [6.45, 7) is 3.52. The van der Waals surface area contributed by atoms with Crippen LogP contribution in [0.1, 0.15) is 13.8 Å². The highest BCUT2D eigenvalue weighted by Gasteiger charge is 2.19. The third-order valence-electron chi connectivity index (χ3n) is 1.90. The van der Waals surface area contributed by atoms with Crippen molar-refractivity contribution in [1.82, 2.24) is 0 Å². The molecular formula is C10H14BFO4. The lowest BCUT2D eigenvalue weighted by atomic mass is 9.80. The molecule has 0 unspecified atom stereocenters. The average Bonchev–Trinajstić information content (AvgIpc) is 2.19. The molecule has 88 valence electrons. The van der Waals surface area contributed by atoms with Crippen molar-refractivity contribution in [2.45, 2.75) is 20.0 Å². The number of halogens is 1. The van der Waals surface area contributed by atoms with Crippen molar-refractivity contribution >= 4 is 12.6 Å². The van der Waals surface area contributed by atoms with Crippen molar-refractivity contribution in [1.29, 1.82) is 0 Å². The molecule has 0 saturated carbocycles. The van der Waals surface area contributed by atoms with Crippen LogP contribution in [0.5, 0.6) is 11.5 Å². The predicted molar refractivity (Wildman–Crippen MR) is 58.5 cm³/mol. The number of benzene rings is 1. The van der Waals surface area contributed by atoms with Crippen molar-refractivity contribution in [3.8, 4) is 11.5 Å². The molecule has 0 bridgehead atoms. The first-order valence-electron chi connectivity index (χ1n) is 4.86. The molecule has 6 heteroatoms. The van der Waals surface area contributed by atoms with Crippen LogP contribution in [-0.2, 0) is 0 Å². The Morgan fingerprint density at radius 1 is 1.31 bits per heavy atom. The second-order valence-corrected chi connectivity index (χ2v) is 3.57. The number of ether oxygens (including phenoxy) is 2. The quantitative estimate of drug-likeness (QED) is 0.727. The Morgan fingerprint density at radius 3 is 2.38 bits per heavy atom. The molecule has 1 rings (SSSR count). The van der Waals surface area contributed by atoms with Gasteiger partial charge in [-0.05, 0) is 31.4 Å². The van der Waals surface area contributed by atoms with Gasteiger partial charge in [-0.1, -0.05) is 0 Å². The summed E-state index contributed by atoms with van der Waals surface area (Å²) in [5.74, 6) is -0.574. The SMILES string of the molecule is COc1cc(B(O)O)cc(F)c1OC(C)C. The number of hydrogen-bond acceptors (Lipinski definition) is 4. The highest BCUT2D eigenvalue weighted by atomic mass is 19.1. The summed E-state index contributed by atoms with van der Waals surface area (Å²) in [6.07, 6.45) is -0.201. The Kier molecular flexibility index (Phi) is 4.15. The predicted octanol–water partition coefficient (Wildman–Crippen LogP) is 0.301. The van der Waals surface area contributed by atoms with Crippen LogP contribution in [-0.4, -0.2) is 30.4 Å². The zero-order valence-corrected chi connectivity index (χ0v) is 9.40. The van der Waals surface area contributed by atoms with Gasteiger partial charge in [0.15, 0.2) is 17.3 Å². The molecule has 4 nitrogen and oxygen atoms in total. The zero-order valence-electron chi connectivity index (χ0n) is 9.40. The van der Waals surface area contributed by atoms with Gasteiger partial charge < -0.3 is 19.5 Å². The molecule has 0 spiro atoms. The fourth-order valence-corrected chi connectivity index (χ4v) is 1.24. The topological polar surface area (TPSA) is 58.9 Å². The molecule has 0 fully saturated rings. The summed E-state index contributed by atoms with van der Waals surface area (Å²) < 4.78 is 23.8. The van der Waals surface area contributed by atoms with Crippen molar-refractivity contribution < 1.29 is 23.9 Å². The number of methoxy groups -OCH3 is 1. The Balaban J connectivity index is 3.17. The molecule has 0 aromatic heterocycles. The average molecular weight is 228 g/mol. The van der Waals surface area contributed by atoms with Crippen molar-refractivity contribution in [2.75, 3.05) is 7.11 Å².